The van der Waals surface area contributed by atoms with E-state index in [0.29, 0.717) is 18.0 Å². The number of para-hydroxylation sites is 1. The van der Waals surface area contributed by atoms with E-state index in [4.69, 9.17) is 5.73 Å². The van der Waals surface area contributed by atoms with E-state index in [1.807, 2.05) is 42.5 Å². The molecule has 1 amide bonds. The van der Waals surface area contributed by atoms with E-state index in [1.54, 1.807) is 12.4 Å². The van der Waals surface area contributed by atoms with Crippen LogP contribution in [0.3, 0.4) is 0 Å². The van der Waals surface area contributed by atoms with Crippen LogP contribution in [0, 0.1) is 5.92 Å². The van der Waals surface area contributed by atoms with Gasteiger partial charge in [0.2, 0.25) is 0 Å². The van der Waals surface area contributed by atoms with Gasteiger partial charge in [0.15, 0.2) is 0 Å². The van der Waals surface area contributed by atoms with Gasteiger partial charge < -0.3 is 11.1 Å². The van der Waals surface area contributed by atoms with Gasteiger partial charge in [-0.15, -0.1) is 24.8 Å². The summed E-state index contributed by atoms with van der Waals surface area (Å²) in [5.74, 6) is 0.445. The maximum Gasteiger partial charge on any atom is 0.252 e. The van der Waals surface area contributed by atoms with Crippen molar-refractivity contribution in [1.82, 2.24) is 15.3 Å². The number of hydrogen-bond donors (Lipinski definition) is 2. The number of aromatic nitrogens is 2. The number of fused-ring (bicyclic) bond motifs is 1. The smallest absolute Gasteiger partial charge is 0.252 e. The number of halogens is 2. The monoisotopic (exact) mass is 404 g/mol. The highest BCUT2D eigenvalue weighted by molar-refractivity contribution is 6.07. The van der Waals surface area contributed by atoms with Gasteiger partial charge in [-0.3, -0.25) is 9.78 Å². The van der Waals surface area contributed by atoms with E-state index >= 15 is 0 Å². The first kappa shape index (κ1) is 21.1. The topological polar surface area (TPSA) is 80.9 Å². The highest BCUT2D eigenvalue weighted by Gasteiger charge is 2.28. The summed E-state index contributed by atoms with van der Waals surface area (Å²) in [6, 6.07) is 13.3. The SMILES string of the molecule is Cl.Cl.NC(CNC(=O)c1cc(-c2cccnc2)nc2ccccc12)C1CC1. The van der Waals surface area contributed by atoms with Crippen LogP contribution in [0.15, 0.2) is 54.9 Å². The van der Waals surface area contributed by atoms with Gasteiger partial charge in [0, 0.05) is 35.9 Å². The van der Waals surface area contributed by atoms with Gasteiger partial charge in [-0.25, -0.2) is 4.98 Å². The van der Waals surface area contributed by atoms with Crippen LogP contribution in [-0.4, -0.2) is 28.5 Å². The van der Waals surface area contributed by atoms with Gasteiger partial charge in [-0.05, 0) is 43.0 Å². The lowest BCUT2D eigenvalue weighted by molar-refractivity contribution is 0.0952. The molecule has 1 aliphatic carbocycles. The molecule has 1 saturated carbocycles. The van der Waals surface area contributed by atoms with E-state index < -0.39 is 0 Å². The molecule has 2 heterocycles. The second-order valence-corrected chi connectivity index (χ2v) is 6.53. The van der Waals surface area contributed by atoms with Gasteiger partial charge in [0.05, 0.1) is 16.8 Å². The van der Waals surface area contributed by atoms with Crippen LogP contribution in [0.2, 0.25) is 0 Å². The van der Waals surface area contributed by atoms with Crippen molar-refractivity contribution in [3.8, 4) is 11.3 Å². The molecular formula is C20H22Cl2N4O. The lowest BCUT2D eigenvalue weighted by Crippen LogP contribution is -2.38. The Labute approximate surface area is 170 Å². The minimum atomic E-state index is -0.111. The molecule has 4 rings (SSSR count). The molecule has 0 radical (unpaired) electrons. The van der Waals surface area contributed by atoms with Crippen LogP contribution in [0.4, 0.5) is 0 Å². The van der Waals surface area contributed by atoms with E-state index in [1.165, 1.54) is 12.8 Å². The summed E-state index contributed by atoms with van der Waals surface area (Å²) in [7, 11) is 0. The Hall–Kier alpha value is -2.21. The molecule has 1 aromatic carbocycles. The van der Waals surface area contributed by atoms with Crippen molar-refractivity contribution in [2.75, 3.05) is 6.54 Å². The lowest BCUT2D eigenvalue weighted by Gasteiger charge is -2.13. The second-order valence-electron chi connectivity index (χ2n) is 6.53. The minimum Gasteiger partial charge on any atom is -0.350 e. The number of amides is 1. The highest BCUT2D eigenvalue weighted by Crippen LogP contribution is 2.31. The standard InChI is InChI=1S/C20H20N4O.2ClH/c21-17(13-7-8-13)12-23-20(25)16-10-19(14-4-3-9-22-11-14)24-18-6-2-1-5-15(16)18;;/h1-6,9-11,13,17H,7-8,12,21H2,(H,23,25);2*1H. The largest absolute Gasteiger partial charge is 0.350 e. The summed E-state index contributed by atoms with van der Waals surface area (Å²) >= 11 is 0. The number of nitrogens with one attached hydrogen (secondary N) is 1. The average molecular weight is 405 g/mol. The van der Waals surface area contributed by atoms with Crippen molar-refractivity contribution < 1.29 is 4.79 Å². The molecule has 142 valence electrons. The predicted octanol–water partition coefficient (Wildman–Crippen LogP) is 3.61. The van der Waals surface area contributed by atoms with Crippen LogP contribution in [0.1, 0.15) is 23.2 Å². The summed E-state index contributed by atoms with van der Waals surface area (Å²) < 4.78 is 0. The molecule has 3 aromatic rings. The van der Waals surface area contributed by atoms with Crippen LogP contribution < -0.4 is 11.1 Å². The maximum atomic E-state index is 12.8. The van der Waals surface area contributed by atoms with E-state index in [2.05, 4.69) is 15.3 Å². The number of rotatable bonds is 5. The average Bonchev–Trinajstić information content (AvgIpc) is 3.51. The molecule has 1 atom stereocenters. The number of carbonyl (C=O) groups is 1. The Kier molecular flexibility index (Phi) is 7.13. The fraction of sp³-hybridized carbons (Fsp3) is 0.250. The van der Waals surface area contributed by atoms with Crippen LogP contribution in [0.25, 0.3) is 22.2 Å². The first-order valence-electron chi connectivity index (χ1n) is 8.56. The molecule has 5 nitrogen and oxygen atoms in total. The van der Waals surface area contributed by atoms with Gasteiger partial charge in [0.1, 0.15) is 0 Å². The van der Waals surface area contributed by atoms with E-state index in [9.17, 15) is 4.79 Å². The minimum absolute atomic E-state index is 0. The Morgan fingerprint density at radius 1 is 1.19 bits per heavy atom. The van der Waals surface area contributed by atoms with Crippen molar-refractivity contribution >= 4 is 41.6 Å². The third-order valence-electron chi connectivity index (χ3n) is 4.64. The van der Waals surface area contributed by atoms with Gasteiger partial charge in [-0.1, -0.05) is 18.2 Å². The van der Waals surface area contributed by atoms with Gasteiger partial charge in [-0.2, -0.15) is 0 Å². The predicted molar refractivity (Wildman–Crippen MR) is 113 cm³/mol. The quantitative estimate of drug-likeness (QED) is 0.680. The summed E-state index contributed by atoms with van der Waals surface area (Å²) in [4.78, 5) is 21.6. The molecule has 1 aliphatic rings. The third kappa shape index (κ3) is 4.75. The number of nitrogens with zero attached hydrogens (tertiary/aromatic N) is 2. The first-order chi connectivity index (χ1) is 12.2. The summed E-state index contributed by atoms with van der Waals surface area (Å²) in [6.45, 7) is 0.502. The molecule has 7 heteroatoms. The first-order valence-corrected chi connectivity index (χ1v) is 8.56. The Morgan fingerprint density at radius 3 is 2.67 bits per heavy atom. The summed E-state index contributed by atoms with van der Waals surface area (Å²) in [6.07, 6.45) is 5.81. The molecular weight excluding hydrogens is 383 g/mol. The number of hydrogen-bond acceptors (Lipinski definition) is 4. The van der Waals surface area contributed by atoms with Crippen molar-refractivity contribution in [1.29, 1.82) is 0 Å². The zero-order valence-electron chi connectivity index (χ0n) is 14.7. The normalized spacial score (nSPS) is 14.0. The van der Waals surface area contributed by atoms with Crippen LogP contribution >= 0.6 is 24.8 Å². The lowest BCUT2D eigenvalue weighted by atomic mass is 10.0. The fourth-order valence-corrected chi connectivity index (χ4v) is 3.02. The maximum absolute atomic E-state index is 12.8. The number of pyridine rings is 2. The highest BCUT2D eigenvalue weighted by atomic mass is 35.5. The molecule has 1 fully saturated rings. The van der Waals surface area contributed by atoms with Crippen LogP contribution in [0.5, 0.6) is 0 Å². The third-order valence-corrected chi connectivity index (χ3v) is 4.64. The molecule has 1 unspecified atom stereocenters. The van der Waals surface area contributed by atoms with Crippen molar-refractivity contribution in [3.05, 3.63) is 60.4 Å². The molecule has 3 N–H and O–H groups in total. The number of benzene rings is 1. The molecule has 0 aliphatic heterocycles. The fourth-order valence-electron chi connectivity index (χ4n) is 3.02. The number of nitrogens with two attached hydrogens (primary N) is 1. The van der Waals surface area contributed by atoms with Crippen molar-refractivity contribution in [3.63, 3.8) is 0 Å². The molecule has 2 aromatic heterocycles. The number of carbonyl (C=O) groups excluding carboxylic acids is 1. The molecule has 0 spiro atoms. The van der Waals surface area contributed by atoms with E-state index in [0.717, 1.165) is 22.2 Å². The molecule has 0 saturated heterocycles. The summed E-state index contributed by atoms with van der Waals surface area (Å²) in [5.41, 5.74) is 9.14. The van der Waals surface area contributed by atoms with Gasteiger partial charge in [0.25, 0.3) is 5.91 Å². The van der Waals surface area contributed by atoms with E-state index in [-0.39, 0.29) is 36.8 Å². The Balaban J connectivity index is 0.00000131. The zero-order valence-corrected chi connectivity index (χ0v) is 16.3. The van der Waals surface area contributed by atoms with Gasteiger partial charge >= 0.3 is 0 Å². The zero-order chi connectivity index (χ0) is 17.2. The van der Waals surface area contributed by atoms with Crippen LogP contribution in [-0.2, 0) is 0 Å². The van der Waals surface area contributed by atoms with Crippen molar-refractivity contribution in [2.24, 2.45) is 11.7 Å². The molecule has 0 bridgehead atoms. The Bertz CT molecular complexity index is 916. The Morgan fingerprint density at radius 2 is 1.96 bits per heavy atom. The van der Waals surface area contributed by atoms with Crippen molar-refractivity contribution in [2.45, 2.75) is 18.9 Å². The summed E-state index contributed by atoms with van der Waals surface area (Å²) in [5, 5.41) is 3.82. The molecule has 27 heavy (non-hydrogen) atoms. The second kappa shape index (κ2) is 9.13.